The molecule has 0 unspecified atom stereocenters. The first-order valence-electron chi connectivity index (χ1n) is 4.10. The van der Waals surface area contributed by atoms with E-state index in [0.717, 1.165) is 18.5 Å². The van der Waals surface area contributed by atoms with Gasteiger partial charge >= 0.3 is 0 Å². The highest BCUT2D eigenvalue weighted by molar-refractivity contribution is 5.55. The predicted molar refractivity (Wildman–Crippen MR) is 47.3 cm³/mol. The second kappa shape index (κ2) is 3.68. The van der Waals surface area contributed by atoms with Gasteiger partial charge in [0.2, 0.25) is 0 Å². The largest absolute Gasteiger partial charge is 0.233 e. The molecule has 0 N–H and O–H groups in total. The van der Waals surface area contributed by atoms with Crippen LogP contribution in [0.3, 0.4) is 0 Å². The van der Waals surface area contributed by atoms with Crippen LogP contribution in [0.15, 0.2) is 30.6 Å². The van der Waals surface area contributed by atoms with Crippen molar-refractivity contribution in [3.8, 4) is 11.4 Å². The van der Waals surface area contributed by atoms with E-state index in [0.29, 0.717) is 0 Å². The number of halogens is 3. The highest BCUT2D eigenvalue weighted by Crippen LogP contribution is 2.20. The minimum atomic E-state index is -1.04. The standard InChI is InChI=1S/C10H5F3N2/c11-6-4-14-10(15-5-6)7-2-1-3-8(12)9(7)13/h1-5H. The molecule has 1 aromatic carbocycles. The van der Waals surface area contributed by atoms with E-state index in [1.807, 2.05) is 0 Å². The van der Waals surface area contributed by atoms with Crippen LogP contribution in [0.25, 0.3) is 11.4 Å². The van der Waals surface area contributed by atoms with Crippen LogP contribution in [0.2, 0.25) is 0 Å². The van der Waals surface area contributed by atoms with Gasteiger partial charge in [0.1, 0.15) is 0 Å². The van der Waals surface area contributed by atoms with Crippen molar-refractivity contribution >= 4 is 0 Å². The molecule has 1 aromatic heterocycles. The van der Waals surface area contributed by atoms with Gasteiger partial charge in [-0.3, -0.25) is 0 Å². The van der Waals surface area contributed by atoms with Crippen molar-refractivity contribution in [1.29, 1.82) is 0 Å². The molecule has 0 saturated heterocycles. The molecule has 2 rings (SSSR count). The minimum absolute atomic E-state index is 0.0478. The lowest BCUT2D eigenvalue weighted by molar-refractivity contribution is 0.510. The van der Waals surface area contributed by atoms with Crippen LogP contribution in [-0.4, -0.2) is 9.97 Å². The zero-order valence-electron chi connectivity index (χ0n) is 7.42. The number of aromatic nitrogens is 2. The Bertz CT molecular complexity index is 483. The second-order valence-corrected chi connectivity index (χ2v) is 2.83. The molecule has 2 nitrogen and oxygen atoms in total. The summed E-state index contributed by atoms with van der Waals surface area (Å²) in [6.45, 7) is 0. The van der Waals surface area contributed by atoms with Crippen LogP contribution in [0.4, 0.5) is 13.2 Å². The van der Waals surface area contributed by atoms with Gasteiger partial charge in [-0.2, -0.15) is 0 Å². The summed E-state index contributed by atoms with van der Waals surface area (Å²) < 4.78 is 38.6. The summed E-state index contributed by atoms with van der Waals surface area (Å²) >= 11 is 0. The summed E-state index contributed by atoms with van der Waals surface area (Å²) in [6.07, 6.45) is 1.79. The molecule has 0 aliphatic carbocycles. The van der Waals surface area contributed by atoms with Gasteiger partial charge in [0.15, 0.2) is 23.3 Å². The minimum Gasteiger partial charge on any atom is -0.233 e. The van der Waals surface area contributed by atoms with Crippen molar-refractivity contribution in [2.45, 2.75) is 0 Å². The van der Waals surface area contributed by atoms with E-state index < -0.39 is 17.5 Å². The number of rotatable bonds is 1. The van der Waals surface area contributed by atoms with E-state index in [2.05, 4.69) is 9.97 Å². The Balaban J connectivity index is 2.54. The zero-order valence-corrected chi connectivity index (χ0v) is 7.42. The predicted octanol–water partition coefficient (Wildman–Crippen LogP) is 2.56. The summed E-state index contributed by atoms with van der Waals surface area (Å²) in [7, 11) is 0. The van der Waals surface area contributed by atoms with Crippen LogP contribution in [-0.2, 0) is 0 Å². The van der Waals surface area contributed by atoms with E-state index >= 15 is 0 Å². The van der Waals surface area contributed by atoms with Crippen molar-refractivity contribution in [1.82, 2.24) is 9.97 Å². The highest BCUT2D eigenvalue weighted by Gasteiger charge is 2.11. The molecule has 1 heterocycles. The van der Waals surface area contributed by atoms with E-state index in [1.54, 1.807) is 0 Å². The van der Waals surface area contributed by atoms with Gasteiger partial charge in [0.05, 0.1) is 18.0 Å². The Morgan fingerprint density at radius 3 is 2.27 bits per heavy atom. The summed E-state index contributed by atoms with van der Waals surface area (Å²) in [5.74, 6) is -2.70. The SMILES string of the molecule is Fc1cnc(-c2cccc(F)c2F)nc1. The maximum Gasteiger partial charge on any atom is 0.169 e. The van der Waals surface area contributed by atoms with Crippen molar-refractivity contribution in [3.63, 3.8) is 0 Å². The quantitative estimate of drug-likeness (QED) is 0.722. The normalized spacial score (nSPS) is 10.3. The highest BCUT2D eigenvalue weighted by atomic mass is 19.2. The van der Waals surface area contributed by atoms with Crippen molar-refractivity contribution in [3.05, 3.63) is 48.0 Å². The number of hydrogen-bond donors (Lipinski definition) is 0. The summed E-state index contributed by atoms with van der Waals surface area (Å²) in [5.41, 5.74) is -0.0880. The molecule has 0 spiro atoms. The number of benzene rings is 1. The van der Waals surface area contributed by atoms with Crippen molar-refractivity contribution in [2.75, 3.05) is 0 Å². The van der Waals surface area contributed by atoms with Crippen molar-refractivity contribution in [2.24, 2.45) is 0 Å². The van der Waals surface area contributed by atoms with Gasteiger partial charge in [-0.05, 0) is 12.1 Å². The average Bonchev–Trinajstić information content (AvgIpc) is 2.24. The van der Waals surface area contributed by atoms with Gasteiger partial charge in [0, 0.05) is 0 Å². The van der Waals surface area contributed by atoms with E-state index in [4.69, 9.17) is 0 Å². The first-order valence-corrected chi connectivity index (χ1v) is 4.10. The Kier molecular flexibility index (Phi) is 2.37. The molecule has 0 saturated carbocycles. The van der Waals surface area contributed by atoms with Gasteiger partial charge in [0.25, 0.3) is 0 Å². The fraction of sp³-hybridized carbons (Fsp3) is 0. The van der Waals surface area contributed by atoms with Crippen LogP contribution >= 0.6 is 0 Å². The van der Waals surface area contributed by atoms with Crippen LogP contribution < -0.4 is 0 Å². The molecule has 15 heavy (non-hydrogen) atoms. The molecule has 2 aromatic rings. The average molecular weight is 210 g/mol. The molecule has 0 radical (unpaired) electrons. The lowest BCUT2D eigenvalue weighted by Crippen LogP contribution is -1.94. The van der Waals surface area contributed by atoms with Gasteiger partial charge < -0.3 is 0 Å². The zero-order chi connectivity index (χ0) is 10.8. The van der Waals surface area contributed by atoms with Crippen LogP contribution in [0.1, 0.15) is 0 Å². The molecular weight excluding hydrogens is 205 g/mol. The Labute approximate surface area is 83.4 Å². The van der Waals surface area contributed by atoms with Crippen molar-refractivity contribution < 1.29 is 13.2 Å². The first-order chi connectivity index (χ1) is 7.18. The van der Waals surface area contributed by atoms with E-state index in [-0.39, 0.29) is 11.4 Å². The summed E-state index contributed by atoms with van der Waals surface area (Å²) in [4.78, 5) is 7.12. The number of nitrogens with zero attached hydrogens (tertiary/aromatic N) is 2. The smallest absolute Gasteiger partial charge is 0.169 e. The molecule has 0 atom stereocenters. The molecule has 0 bridgehead atoms. The molecule has 0 fully saturated rings. The van der Waals surface area contributed by atoms with Crippen LogP contribution in [0, 0.1) is 17.5 Å². The monoisotopic (exact) mass is 210 g/mol. The maximum absolute atomic E-state index is 13.2. The number of hydrogen-bond acceptors (Lipinski definition) is 2. The third kappa shape index (κ3) is 1.81. The van der Waals surface area contributed by atoms with Crippen LogP contribution in [0.5, 0.6) is 0 Å². The third-order valence-corrected chi connectivity index (χ3v) is 1.81. The lowest BCUT2D eigenvalue weighted by atomic mass is 10.2. The molecule has 0 amide bonds. The molecule has 0 aliphatic heterocycles. The Morgan fingerprint density at radius 1 is 0.933 bits per heavy atom. The van der Waals surface area contributed by atoms with Gasteiger partial charge in [-0.15, -0.1) is 0 Å². The van der Waals surface area contributed by atoms with Gasteiger partial charge in [-0.25, -0.2) is 23.1 Å². The Hall–Kier alpha value is -1.91. The fourth-order valence-corrected chi connectivity index (χ4v) is 1.13. The first kappa shape index (κ1) is 9.64. The summed E-state index contributed by atoms with van der Waals surface area (Å²) in [6, 6.07) is 3.65. The molecule has 5 heteroatoms. The maximum atomic E-state index is 13.2. The van der Waals surface area contributed by atoms with E-state index in [1.165, 1.54) is 12.1 Å². The fourth-order valence-electron chi connectivity index (χ4n) is 1.13. The summed E-state index contributed by atoms with van der Waals surface area (Å²) in [5, 5.41) is 0. The third-order valence-electron chi connectivity index (χ3n) is 1.81. The molecule has 76 valence electrons. The topological polar surface area (TPSA) is 25.8 Å². The lowest BCUT2D eigenvalue weighted by Gasteiger charge is -2.01. The Morgan fingerprint density at radius 2 is 1.60 bits per heavy atom. The van der Waals surface area contributed by atoms with E-state index in [9.17, 15) is 13.2 Å². The second-order valence-electron chi connectivity index (χ2n) is 2.83. The molecular formula is C10H5F3N2. The molecule has 0 aliphatic rings. The van der Waals surface area contributed by atoms with Gasteiger partial charge in [-0.1, -0.05) is 6.07 Å².